The number of nitrogens with zero attached hydrogens (tertiary/aromatic N) is 1. The van der Waals surface area contributed by atoms with E-state index >= 15 is 0 Å². The van der Waals surface area contributed by atoms with Crippen molar-refractivity contribution in [1.82, 2.24) is 4.98 Å². The molecule has 0 spiro atoms. The molecule has 0 radical (unpaired) electrons. The Kier molecular flexibility index (Phi) is 6.13. The lowest BCUT2D eigenvalue weighted by Gasteiger charge is -2.07. The molecule has 0 fully saturated rings. The molecule has 0 bridgehead atoms. The highest BCUT2D eigenvalue weighted by atomic mass is 32.2. The Morgan fingerprint density at radius 2 is 1.61 bits per heavy atom. The third kappa shape index (κ3) is 5.58. The second kappa shape index (κ2) is 9.14. The number of aryl methyl sites for hydroxylation is 1. The van der Waals surface area contributed by atoms with Gasteiger partial charge in [0.25, 0.3) is 0 Å². The number of benzene rings is 3. The van der Waals surface area contributed by atoms with Crippen molar-refractivity contribution in [3.8, 4) is 11.5 Å². The minimum atomic E-state index is -3.47. The molecule has 0 saturated carbocycles. The molecule has 1 N–H and O–H groups in total. The van der Waals surface area contributed by atoms with E-state index in [4.69, 9.17) is 4.42 Å². The topological polar surface area (TPSA) is 89.3 Å². The molecule has 6 nitrogen and oxygen atoms in total. The zero-order valence-electron chi connectivity index (χ0n) is 16.8. The van der Waals surface area contributed by atoms with Crippen LogP contribution in [-0.4, -0.2) is 30.8 Å². The summed E-state index contributed by atoms with van der Waals surface area (Å²) in [5, 5.41) is 2.64. The SMILES string of the molecule is O=C(CS(=O)(=O)CCCc1ccccc1)Nc1ccc(-c2nc3ccccc3o2)cc1. The summed E-state index contributed by atoms with van der Waals surface area (Å²) in [6.45, 7) is 0. The maximum absolute atomic E-state index is 12.3. The maximum Gasteiger partial charge on any atom is 0.239 e. The molecule has 7 heteroatoms. The highest BCUT2D eigenvalue weighted by molar-refractivity contribution is 7.92. The molecule has 158 valence electrons. The minimum absolute atomic E-state index is 0.0219. The summed E-state index contributed by atoms with van der Waals surface area (Å²) in [4.78, 5) is 16.7. The molecule has 0 saturated heterocycles. The first-order chi connectivity index (χ1) is 15.0. The van der Waals surface area contributed by atoms with Gasteiger partial charge in [-0.1, -0.05) is 42.5 Å². The van der Waals surface area contributed by atoms with Crippen LogP contribution in [0.1, 0.15) is 12.0 Å². The fraction of sp³-hybridized carbons (Fsp3) is 0.167. The first-order valence-electron chi connectivity index (χ1n) is 9.99. The number of carbonyl (C=O) groups excluding carboxylic acids is 1. The van der Waals surface area contributed by atoms with Gasteiger partial charge in [0.05, 0.1) is 5.75 Å². The molecule has 0 unspecified atom stereocenters. The third-order valence-electron chi connectivity index (χ3n) is 4.82. The molecular weight excluding hydrogens is 412 g/mol. The molecule has 4 aromatic rings. The Morgan fingerprint density at radius 1 is 0.903 bits per heavy atom. The molecule has 31 heavy (non-hydrogen) atoms. The lowest BCUT2D eigenvalue weighted by molar-refractivity contribution is -0.113. The number of para-hydroxylation sites is 2. The van der Waals surface area contributed by atoms with Gasteiger partial charge in [-0.15, -0.1) is 0 Å². The Hall–Kier alpha value is -3.45. The number of sulfone groups is 1. The van der Waals surface area contributed by atoms with Crippen molar-refractivity contribution >= 4 is 32.5 Å². The summed E-state index contributed by atoms with van der Waals surface area (Å²) < 4.78 is 30.3. The largest absolute Gasteiger partial charge is 0.436 e. The second-order valence-corrected chi connectivity index (χ2v) is 9.48. The first kappa shape index (κ1) is 20.8. The minimum Gasteiger partial charge on any atom is -0.436 e. The molecule has 3 aromatic carbocycles. The quantitative estimate of drug-likeness (QED) is 0.442. The maximum atomic E-state index is 12.3. The molecule has 0 atom stereocenters. The van der Waals surface area contributed by atoms with Crippen molar-refractivity contribution in [3.63, 3.8) is 0 Å². The van der Waals surface area contributed by atoms with Crippen LogP contribution in [0.25, 0.3) is 22.6 Å². The van der Waals surface area contributed by atoms with Gasteiger partial charge in [-0.3, -0.25) is 4.79 Å². The van der Waals surface area contributed by atoms with Crippen LogP contribution >= 0.6 is 0 Å². The van der Waals surface area contributed by atoms with E-state index in [0.717, 1.165) is 16.6 Å². The number of oxazole rings is 1. The zero-order chi connectivity index (χ0) is 21.7. The Morgan fingerprint density at radius 3 is 2.35 bits per heavy atom. The van der Waals surface area contributed by atoms with Crippen LogP contribution in [0.4, 0.5) is 5.69 Å². The first-order valence-corrected chi connectivity index (χ1v) is 11.8. The summed E-state index contributed by atoms with van der Waals surface area (Å²) in [5.41, 5.74) is 3.84. The molecule has 1 heterocycles. The predicted molar refractivity (Wildman–Crippen MR) is 121 cm³/mol. The molecule has 1 aromatic heterocycles. The van der Waals surface area contributed by atoms with E-state index in [-0.39, 0.29) is 5.75 Å². The lowest BCUT2D eigenvalue weighted by atomic mass is 10.1. The number of anilines is 1. The normalized spacial score (nSPS) is 11.5. The van der Waals surface area contributed by atoms with Gasteiger partial charge in [0, 0.05) is 11.3 Å². The lowest BCUT2D eigenvalue weighted by Crippen LogP contribution is -2.24. The van der Waals surface area contributed by atoms with Crippen molar-refractivity contribution in [1.29, 1.82) is 0 Å². The second-order valence-electron chi connectivity index (χ2n) is 7.29. The van der Waals surface area contributed by atoms with Crippen LogP contribution in [-0.2, 0) is 21.1 Å². The average molecular weight is 435 g/mol. The van der Waals surface area contributed by atoms with Crippen molar-refractivity contribution in [2.24, 2.45) is 0 Å². The van der Waals surface area contributed by atoms with E-state index in [0.29, 0.717) is 30.0 Å². The number of hydrogen-bond donors (Lipinski definition) is 1. The van der Waals surface area contributed by atoms with Crippen LogP contribution in [0.5, 0.6) is 0 Å². The van der Waals surface area contributed by atoms with Gasteiger partial charge in [0.15, 0.2) is 15.4 Å². The van der Waals surface area contributed by atoms with Gasteiger partial charge in [0.2, 0.25) is 11.8 Å². The fourth-order valence-corrected chi connectivity index (χ4v) is 4.50. The highest BCUT2D eigenvalue weighted by Gasteiger charge is 2.17. The van der Waals surface area contributed by atoms with E-state index in [1.165, 1.54) is 0 Å². The number of nitrogens with one attached hydrogen (secondary N) is 1. The van der Waals surface area contributed by atoms with Crippen LogP contribution < -0.4 is 5.32 Å². The molecule has 4 rings (SSSR count). The van der Waals surface area contributed by atoms with Crippen LogP contribution in [0.3, 0.4) is 0 Å². The van der Waals surface area contributed by atoms with Gasteiger partial charge >= 0.3 is 0 Å². The molecular formula is C24H22N2O4S. The summed E-state index contributed by atoms with van der Waals surface area (Å²) >= 11 is 0. The third-order valence-corrected chi connectivity index (χ3v) is 6.44. The van der Waals surface area contributed by atoms with Crippen LogP contribution in [0.2, 0.25) is 0 Å². The van der Waals surface area contributed by atoms with Crippen LogP contribution in [0, 0.1) is 0 Å². The molecule has 1 amide bonds. The van der Waals surface area contributed by atoms with E-state index in [2.05, 4.69) is 10.3 Å². The number of hydrogen-bond acceptors (Lipinski definition) is 5. The van der Waals surface area contributed by atoms with Crippen molar-refractivity contribution in [2.75, 3.05) is 16.8 Å². The molecule has 0 aliphatic carbocycles. The van der Waals surface area contributed by atoms with Crippen LogP contribution in [0.15, 0.2) is 83.3 Å². The smallest absolute Gasteiger partial charge is 0.239 e. The van der Waals surface area contributed by atoms with E-state index in [1.54, 1.807) is 24.3 Å². The van der Waals surface area contributed by atoms with Gasteiger partial charge < -0.3 is 9.73 Å². The van der Waals surface area contributed by atoms with Crippen molar-refractivity contribution in [2.45, 2.75) is 12.8 Å². The van der Waals surface area contributed by atoms with Crippen molar-refractivity contribution < 1.29 is 17.6 Å². The molecule has 0 aliphatic rings. The van der Waals surface area contributed by atoms with E-state index in [9.17, 15) is 13.2 Å². The number of fused-ring (bicyclic) bond motifs is 1. The van der Waals surface area contributed by atoms with E-state index in [1.807, 2.05) is 54.6 Å². The predicted octanol–water partition coefficient (Wildman–Crippen LogP) is 4.48. The van der Waals surface area contributed by atoms with Gasteiger partial charge in [0.1, 0.15) is 11.3 Å². The monoisotopic (exact) mass is 434 g/mol. The molecule has 0 aliphatic heterocycles. The number of aromatic nitrogens is 1. The zero-order valence-corrected chi connectivity index (χ0v) is 17.6. The number of carbonyl (C=O) groups is 1. The van der Waals surface area contributed by atoms with Gasteiger partial charge in [-0.25, -0.2) is 13.4 Å². The van der Waals surface area contributed by atoms with Crippen molar-refractivity contribution in [3.05, 3.63) is 84.4 Å². The average Bonchev–Trinajstić information content (AvgIpc) is 3.19. The van der Waals surface area contributed by atoms with Gasteiger partial charge in [-0.05, 0) is 54.8 Å². The summed E-state index contributed by atoms with van der Waals surface area (Å²) in [6, 6.07) is 24.1. The summed E-state index contributed by atoms with van der Waals surface area (Å²) in [6.07, 6.45) is 1.15. The Bertz CT molecular complexity index is 1250. The highest BCUT2D eigenvalue weighted by Crippen LogP contribution is 2.25. The Labute approximate surface area is 180 Å². The van der Waals surface area contributed by atoms with Gasteiger partial charge in [-0.2, -0.15) is 0 Å². The summed E-state index contributed by atoms with van der Waals surface area (Å²) in [7, 11) is -3.47. The van der Waals surface area contributed by atoms with E-state index < -0.39 is 21.5 Å². The number of rotatable bonds is 8. The Balaban J connectivity index is 1.31. The standard InChI is InChI=1S/C24H22N2O4S/c27-23(17-31(28,29)16-6-9-18-7-2-1-3-8-18)25-20-14-12-19(13-15-20)24-26-21-10-4-5-11-22(21)30-24/h1-5,7-8,10-15H,6,9,16-17H2,(H,25,27). The summed E-state index contributed by atoms with van der Waals surface area (Å²) in [5.74, 6) is -0.616. The number of amides is 1. The fourth-order valence-electron chi connectivity index (χ4n) is 3.30.